The molecule has 0 heterocycles. The van der Waals surface area contributed by atoms with Gasteiger partial charge in [-0.25, -0.2) is 0 Å². The number of esters is 3. The molecular formula is C54H84O6. The summed E-state index contributed by atoms with van der Waals surface area (Å²) in [6.07, 6.45) is 64.8. The Morgan fingerprint density at radius 3 is 1.13 bits per heavy atom. The van der Waals surface area contributed by atoms with Gasteiger partial charge in [0.2, 0.25) is 0 Å². The highest BCUT2D eigenvalue weighted by molar-refractivity contribution is 5.71. The van der Waals surface area contributed by atoms with Gasteiger partial charge in [0, 0.05) is 19.3 Å². The van der Waals surface area contributed by atoms with E-state index >= 15 is 0 Å². The summed E-state index contributed by atoms with van der Waals surface area (Å²) < 4.78 is 16.6. The van der Waals surface area contributed by atoms with Crippen LogP contribution in [0.1, 0.15) is 181 Å². The topological polar surface area (TPSA) is 78.9 Å². The summed E-state index contributed by atoms with van der Waals surface area (Å²) in [6.45, 7) is 6.22. The minimum absolute atomic E-state index is 0.121. The first-order chi connectivity index (χ1) is 29.5. The van der Waals surface area contributed by atoms with E-state index in [-0.39, 0.29) is 44.0 Å². The molecule has 0 aromatic heterocycles. The molecule has 0 N–H and O–H groups in total. The fourth-order valence-corrected chi connectivity index (χ4v) is 5.70. The van der Waals surface area contributed by atoms with Gasteiger partial charge in [0.05, 0.1) is 0 Å². The number of unbranched alkanes of at least 4 members (excludes halogenated alkanes) is 9. The summed E-state index contributed by atoms with van der Waals surface area (Å²) in [4.78, 5) is 37.8. The number of hydrogen-bond acceptors (Lipinski definition) is 6. The Labute approximate surface area is 367 Å². The van der Waals surface area contributed by atoms with Crippen molar-refractivity contribution in [1.29, 1.82) is 0 Å². The van der Waals surface area contributed by atoms with E-state index in [4.69, 9.17) is 14.2 Å². The second-order valence-electron chi connectivity index (χ2n) is 14.9. The Balaban J connectivity index is 4.57. The summed E-state index contributed by atoms with van der Waals surface area (Å²) in [6, 6.07) is 0. The van der Waals surface area contributed by atoms with Crippen LogP contribution in [0.4, 0.5) is 0 Å². The Bertz CT molecular complexity index is 1320. The van der Waals surface area contributed by atoms with Crippen LogP contribution < -0.4 is 0 Å². The van der Waals surface area contributed by atoms with Crippen LogP contribution in [0.2, 0.25) is 0 Å². The first-order valence-corrected chi connectivity index (χ1v) is 23.5. The van der Waals surface area contributed by atoms with Gasteiger partial charge >= 0.3 is 17.9 Å². The molecule has 0 bridgehead atoms. The highest BCUT2D eigenvalue weighted by Gasteiger charge is 2.19. The minimum Gasteiger partial charge on any atom is -0.462 e. The Morgan fingerprint density at radius 1 is 0.350 bits per heavy atom. The van der Waals surface area contributed by atoms with Crippen LogP contribution in [0.3, 0.4) is 0 Å². The number of allylic oxidation sites excluding steroid dienone is 20. The van der Waals surface area contributed by atoms with E-state index in [1.165, 1.54) is 12.8 Å². The molecule has 0 spiro atoms. The number of rotatable bonds is 40. The van der Waals surface area contributed by atoms with Crippen LogP contribution in [-0.2, 0) is 28.6 Å². The molecule has 0 aromatic carbocycles. The average molecular weight is 829 g/mol. The highest BCUT2D eigenvalue weighted by Crippen LogP contribution is 2.11. The Hall–Kier alpha value is -4.19. The van der Waals surface area contributed by atoms with E-state index in [1.807, 2.05) is 0 Å². The predicted molar refractivity (Wildman–Crippen MR) is 256 cm³/mol. The Morgan fingerprint density at radius 2 is 0.667 bits per heavy atom. The van der Waals surface area contributed by atoms with Gasteiger partial charge in [0.25, 0.3) is 0 Å². The summed E-state index contributed by atoms with van der Waals surface area (Å²) in [5.41, 5.74) is 0. The molecule has 1 atom stereocenters. The van der Waals surface area contributed by atoms with Crippen molar-refractivity contribution in [3.63, 3.8) is 0 Å². The van der Waals surface area contributed by atoms with Gasteiger partial charge in [0.15, 0.2) is 6.10 Å². The summed E-state index contributed by atoms with van der Waals surface area (Å²) in [5.74, 6) is -1.05. The first-order valence-electron chi connectivity index (χ1n) is 23.5. The van der Waals surface area contributed by atoms with E-state index in [9.17, 15) is 14.4 Å². The van der Waals surface area contributed by atoms with Crippen LogP contribution in [0, 0.1) is 0 Å². The lowest BCUT2D eigenvalue weighted by atomic mass is 10.1. The zero-order valence-corrected chi connectivity index (χ0v) is 38.2. The van der Waals surface area contributed by atoms with Crippen LogP contribution >= 0.6 is 0 Å². The standard InChI is InChI=1S/C54H84O6/c1-4-7-10-13-16-19-22-24-26-27-29-30-32-35-38-41-44-47-53(56)59-50-51(49-58-52(55)46-43-40-37-34-21-18-15-12-9-6-3)60-54(57)48-45-42-39-36-33-31-28-25-23-20-17-14-11-8-5-2/h7-8,10-12,15-17,19-20,24-26,28-30,33,35-36,38,51H,4-6,9,13-14,18,21-23,27,31-32,34,37,39-50H2,1-3H3/b10-7-,11-8-,15-12-,19-16-,20-17-,26-24-,28-25-,30-29-,36-33-,38-35-. The lowest BCUT2D eigenvalue weighted by molar-refractivity contribution is -0.167. The van der Waals surface area contributed by atoms with Gasteiger partial charge < -0.3 is 14.2 Å². The third-order valence-corrected chi connectivity index (χ3v) is 9.16. The second kappa shape index (κ2) is 47.5. The maximum Gasteiger partial charge on any atom is 0.306 e. The molecule has 60 heavy (non-hydrogen) atoms. The quantitative estimate of drug-likeness (QED) is 0.0265. The van der Waals surface area contributed by atoms with Crippen molar-refractivity contribution in [1.82, 2.24) is 0 Å². The van der Waals surface area contributed by atoms with Crippen molar-refractivity contribution in [3.8, 4) is 0 Å². The monoisotopic (exact) mass is 829 g/mol. The normalized spacial score (nSPS) is 13.2. The average Bonchev–Trinajstić information content (AvgIpc) is 3.24. The van der Waals surface area contributed by atoms with Gasteiger partial charge in [-0.2, -0.15) is 0 Å². The largest absolute Gasteiger partial charge is 0.462 e. The van der Waals surface area contributed by atoms with E-state index in [0.29, 0.717) is 19.3 Å². The van der Waals surface area contributed by atoms with Crippen LogP contribution in [0.5, 0.6) is 0 Å². The highest BCUT2D eigenvalue weighted by atomic mass is 16.6. The number of carbonyl (C=O) groups excluding carboxylic acids is 3. The van der Waals surface area contributed by atoms with Crippen molar-refractivity contribution < 1.29 is 28.6 Å². The number of ether oxygens (including phenoxy) is 3. The van der Waals surface area contributed by atoms with Gasteiger partial charge in [-0.05, 0) is 116 Å². The van der Waals surface area contributed by atoms with Gasteiger partial charge in [-0.1, -0.05) is 168 Å². The smallest absolute Gasteiger partial charge is 0.306 e. The molecule has 6 nitrogen and oxygen atoms in total. The summed E-state index contributed by atoms with van der Waals surface area (Å²) in [5, 5.41) is 0. The summed E-state index contributed by atoms with van der Waals surface area (Å²) in [7, 11) is 0. The van der Waals surface area contributed by atoms with Gasteiger partial charge in [0.1, 0.15) is 13.2 Å². The molecule has 6 heteroatoms. The molecule has 0 fully saturated rings. The van der Waals surface area contributed by atoms with E-state index in [1.54, 1.807) is 0 Å². The molecule has 0 aliphatic carbocycles. The Kier molecular flexibility index (Phi) is 44.2. The first kappa shape index (κ1) is 55.8. The molecule has 0 aliphatic rings. The molecular weight excluding hydrogens is 745 g/mol. The van der Waals surface area contributed by atoms with Crippen LogP contribution in [0.25, 0.3) is 0 Å². The molecule has 0 aliphatic heterocycles. The maximum atomic E-state index is 12.7. The second-order valence-corrected chi connectivity index (χ2v) is 14.9. The SMILES string of the molecule is CC/C=C\C/C=C\C/C=C\C/C=C\C/C=C\CCCC(=O)OCC(COC(=O)CCCCCCC/C=C\CCC)OC(=O)CCCC/C=C\C/C=C\C/C=C\C/C=C\CC. The van der Waals surface area contributed by atoms with Crippen molar-refractivity contribution in [2.24, 2.45) is 0 Å². The van der Waals surface area contributed by atoms with Crippen LogP contribution in [-0.4, -0.2) is 37.2 Å². The molecule has 0 amide bonds. The lowest BCUT2D eigenvalue weighted by Crippen LogP contribution is -2.30. The molecule has 1 unspecified atom stereocenters. The van der Waals surface area contributed by atoms with Gasteiger partial charge in [-0.3, -0.25) is 14.4 Å². The molecule has 336 valence electrons. The fraction of sp³-hybridized carbons (Fsp3) is 0.574. The van der Waals surface area contributed by atoms with Crippen molar-refractivity contribution in [3.05, 3.63) is 122 Å². The summed E-state index contributed by atoms with van der Waals surface area (Å²) >= 11 is 0. The van der Waals surface area contributed by atoms with Crippen molar-refractivity contribution in [2.75, 3.05) is 13.2 Å². The van der Waals surface area contributed by atoms with E-state index < -0.39 is 6.10 Å². The number of hydrogen-bond donors (Lipinski definition) is 0. The number of carbonyl (C=O) groups is 3. The fourth-order valence-electron chi connectivity index (χ4n) is 5.70. The molecule has 0 saturated carbocycles. The molecule has 0 radical (unpaired) electrons. The zero-order valence-electron chi connectivity index (χ0n) is 38.2. The van der Waals surface area contributed by atoms with Crippen molar-refractivity contribution in [2.45, 2.75) is 187 Å². The predicted octanol–water partition coefficient (Wildman–Crippen LogP) is 15.4. The maximum absolute atomic E-state index is 12.7. The third-order valence-electron chi connectivity index (χ3n) is 9.16. The zero-order chi connectivity index (χ0) is 43.7. The van der Waals surface area contributed by atoms with Crippen LogP contribution in [0.15, 0.2) is 122 Å². The van der Waals surface area contributed by atoms with E-state index in [0.717, 1.165) is 116 Å². The molecule has 0 rings (SSSR count). The minimum atomic E-state index is -0.827. The van der Waals surface area contributed by atoms with Crippen molar-refractivity contribution >= 4 is 17.9 Å². The third kappa shape index (κ3) is 44.9. The van der Waals surface area contributed by atoms with Gasteiger partial charge in [-0.15, -0.1) is 0 Å². The lowest BCUT2D eigenvalue weighted by Gasteiger charge is -2.18. The molecule has 0 saturated heterocycles. The van der Waals surface area contributed by atoms with E-state index in [2.05, 4.69) is 142 Å². The molecule has 0 aromatic rings.